The molecule has 0 bridgehead atoms. The summed E-state index contributed by atoms with van der Waals surface area (Å²) in [6.07, 6.45) is 1.51. The number of para-hydroxylation sites is 1. The normalized spacial score (nSPS) is 12.6. The van der Waals surface area contributed by atoms with Gasteiger partial charge in [-0.25, -0.2) is 4.74 Å². The fourth-order valence-corrected chi connectivity index (χ4v) is 0.992. The third-order valence-corrected chi connectivity index (χ3v) is 1.89. The molecule has 15 heavy (non-hydrogen) atoms. The molecule has 1 aromatic rings. The van der Waals surface area contributed by atoms with Gasteiger partial charge in [0, 0.05) is 20.8 Å². The van der Waals surface area contributed by atoms with Crippen LogP contribution in [0.15, 0.2) is 30.3 Å². The standard InChI is InChI=1S/C12H17NO2/c1-12(2,3)13(14)9-10-15-11-7-5-4-6-8-11/h4-9H,10H2,1-3H3. The summed E-state index contributed by atoms with van der Waals surface area (Å²) in [4.78, 5) is 0. The average molecular weight is 207 g/mol. The molecule has 3 nitrogen and oxygen atoms in total. The first-order chi connectivity index (χ1) is 7.00. The molecule has 82 valence electrons. The highest BCUT2D eigenvalue weighted by Crippen LogP contribution is 2.08. The van der Waals surface area contributed by atoms with E-state index in [2.05, 4.69) is 0 Å². The molecule has 0 aliphatic rings. The minimum Gasteiger partial charge on any atom is -0.624 e. The molecule has 0 aromatic heterocycles. The fourth-order valence-electron chi connectivity index (χ4n) is 0.992. The lowest BCUT2D eigenvalue weighted by Crippen LogP contribution is -2.30. The summed E-state index contributed by atoms with van der Waals surface area (Å²) in [6.45, 7) is 5.88. The smallest absolute Gasteiger partial charge is 0.189 e. The molecule has 1 aromatic carbocycles. The molecule has 0 atom stereocenters. The SMILES string of the molecule is CC(C)(C)[N+]([O-])=CCOc1ccccc1. The van der Waals surface area contributed by atoms with Crippen molar-refractivity contribution in [1.29, 1.82) is 0 Å². The highest BCUT2D eigenvalue weighted by molar-refractivity contribution is 5.53. The molecule has 0 heterocycles. The van der Waals surface area contributed by atoms with E-state index in [1.807, 2.05) is 51.1 Å². The van der Waals surface area contributed by atoms with Crippen molar-refractivity contribution in [3.63, 3.8) is 0 Å². The number of hydrogen-bond donors (Lipinski definition) is 0. The lowest BCUT2D eigenvalue weighted by atomic mass is 10.1. The maximum atomic E-state index is 11.4. The van der Waals surface area contributed by atoms with Crippen LogP contribution in [0.1, 0.15) is 20.8 Å². The second-order valence-corrected chi connectivity index (χ2v) is 4.30. The van der Waals surface area contributed by atoms with E-state index in [-0.39, 0.29) is 0 Å². The highest BCUT2D eigenvalue weighted by atomic mass is 16.5. The van der Waals surface area contributed by atoms with E-state index in [9.17, 15) is 5.21 Å². The number of hydroxylamine groups is 1. The maximum absolute atomic E-state index is 11.4. The molecule has 0 aliphatic carbocycles. The summed E-state index contributed by atoms with van der Waals surface area (Å²) in [7, 11) is 0. The van der Waals surface area contributed by atoms with E-state index in [1.54, 1.807) is 0 Å². The van der Waals surface area contributed by atoms with Crippen LogP contribution in [0.5, 0.6) is 5.75 Å². The van der Waals surface area contributed by atoms with Crippen LogP contribution in [0.3, 0.4) is 0 Å². The van der Waals surface area contributed by atoms with Crippen molar-refractivity contribution in [2.75, 3.05) is 6.61 Å². The quantitative estimate of drug-likeness (QED) is 0.330. The van der Waals surface area contributed by atoms with Crippen molar-refractivity contribution in [3.8, 4) is 5.75 Å². The van der Waals surface area contributed by atoms with Crippen molar-refractivity contribution in [3.05, 3.63) is 35.5 Å². The average Bonchev–Trinajstić information content (AvgIpc) is 2.18. The van der Waals surface area contributed by atoms with E-state index in [0.717, 1.165) is 10.5 Å². The molecule has 0 unspecified atom stereocenters. The largest absolute Gasteiger partial charge is 0.624 e. The van der Waals surface area contributed by atoms with Gasteiger partial charge < -0.3 is 9.94 Å². The third-order valence-electron chi connectivity index (χ3n) is 1.89. The molecular formula is C12H17NO2. The monoisotopic (exact) mass is 207 g/mol. The highest BCUT2D eigenvalue weighted by Gasteiger charge is 2.17. The zero-order valence-electron chi connectivity index (χ0n) is 9.43. The molecule has 0 saturated carbocycles. The van der Waals surface area contributed by atoms with Gasteiger partial charge in [-0.15, -0.1) is 0 Å². The summed E-state index contributed by atoms with van der Waals surface area (Å²) in [6, 6.07) is 9.44. The van der Waals surface area contributed by atoms with Crippen molar-refractivity contribution >= 4 is 6.21 Å². The molecule has 1 rings (SSSR count). The van der Waals surface area contributed by atoms with Gasteiger partial charge in [0.1, 0.15) is 5.75 Å². The minimum absolute atomic E-state index is 0.296. The van der Waals surface area contributed by atoms with Crippen molar-refractivity contribution < 1.29 is 9.48 Å². The van der Waals surface area contributed by atoms with Crippen LogP contribution in [0.25, 0.3) is 0 Å². The molecule has 0 spiro atoms. The van der Waals surface area contributed by atoms with Crippen molar-refractivity contribution in [1.82, 2.24) is 0 Å². The summed E-state index contributed by atoms with van der Waals surface area (Å²) in [5.74, 6) is 0.774. The van der Waals surface area contributed by atoms with E-state index in [1.165, 1.54) is 6.21 Å². The zero-order valence-corrected chi connectivity index (χ0v) is 9.43. The Balaban J connectivity index is 2.46. The lowest BCUT2D eigenvalue weighted by molar-refractivity contribution is -0.532. The van der Waals surface area contributed by atoms with Crippen LogP contribution in [0, 0.1) is 5.21 Å². The van der Waals surface area contributed by atoms with Gasteiger partial charge in [-0.3, -0.25) is 0 Å². The Kier molecular flexibility index (Phi) is 3.72. The van der Waals surface area contributed by atoms with Gasteiger partial charge in [-0.2, -0.15) is 0 Å². The topological polar surface area (TPSA) is 35.3 Å². The molecule has 3 heteroatoms. The van der Waals surface area contributed by atoms with Gasteiger partial charge in [0.15, 0.2) is 18.4 Å². The Morgan fingerprint density at radius 1 is 1.27 bits per heavy atom. The predicted octanol–water partition coefficient (Wildman–Crippen LogP) is 2.45. The Bertz CT molecular complexity index is 325. The molecule has 0 N–H and O–H groups in total. The Labute approximate surface area is 90.6 Å². The number of hydrogen-bond acceptors (Lipinski definition) is 2. The summed E-state index contributed by atoms with van der Waals surface area (Å²) in [5, 5.41) is 11.4. The van der Waals surface area contributed by atoms with Gasteiger partial charge >= 0.3 is 0 Å². The molecule has 0 aliphatic heterocycles. The molecule has 0 fully saturated rings. The number of nitrogens with zero attached hydrogens (tertiary/aromatic N) is 1. The van der Waals surface area contributed by atoms with Gasteiger partial charge in [-0.05, 0) is 12.1 Å². The first-order valence-corrected chi connectivity index (χ1v) is 4.98. The van der Waals surface area contributed by atoms with E-state index < -0.39 is 5.54 Å². The first-order valence-electron chi connectivity index (χ1n) is 4.98. The Morgan fingerprint density at radius 2 is 1.87 bits per heavy atom. The van der Waals surface area contributed by atoms with Gasteiger partial charge in [0.05, 0.1) is 0 Å². The second kappa shape index (κ2) is 4.82. The Hall–Kier alpha value is -1.51. The van der Waals surface area contributed by atoms with Gasteiger partial charge in [0.2, 0.25) is 0 Å². The van der Waals surface area contributed by atoms with E-state index >= 15 is 0 Å². The van der Waals surface area contributed by atoms with Gasteiger partial charge in [-0.1, -0.05) is 18.2 Å². The number of rotatable bonds is 3. The first kappa shape index (κ1) is 11.6. The van der Waals surface area contributed by atoms with Crippen LogP contribution in [0.4, 0.5) is 0 Å². The Morgan fingerprint density at radius 3 is 2.40 bits per heavy atom. The fraction of sp³-hybridized carbons (Fsp3) is 0.417. The van der Waals surface area contributed by atoms with Crippen LogP contribution < -0.4 is 4.74 Å². The van der Waals surface area contributed by atoms with E-state index in [0.29, 0.717) is 6.61 Å². The van der Waals surface area contributed by atoms with Crippen molar-refractivity contribution in [2.24, 2.45) is 0 Å². The van der Waals surface area contributed by atoms with Crippen LogP contribution in [0.2, 0.25) is 0 Å². The van der Waals surface area contributed by atoms with Gasteiger partial charge in [0.25, 0.3) is 0 Å². The third kappa shape index (κ3) is 4.02. The zero-order chi connectivity index (χ0) is 11.3. The molecular weight excluding hydrogens is 190 g/mol. The molecule has 0 saturated heterocycles. The molecule has 0 radical (unpaired) electrons. The van der Waals surface area contributed by atoms with Crippen molar-refractivity contribution in [2.45, 2.75) is 26.3 Å². The predicted molar refractivity (Wildman–Crippen MR) is 61.4 cm³/mol. The van der Waals surface area contributed by atoms with Crippen LogP contribution >= 0.6 is 0 Å². The lowest BCUT2D eigenvalue weighted by Gasteiger charge is -2.18. The number of benzene rings is 1. The maximum Gasteiger partial charge on any atom is 0.189 e. The minimum atomic E-state index is -0.403. The summed E-state index contributed by atoms with van der Waals surface area (Å²) >= 11 is 0. The van der Waals surface area contributed by atoms with Crippen LogP contribution in [-0.4, -0.2) is 23.1 Å². The van der Waals surface area contributed by atoms with Crippen LogP contribution in [-0.2, 0) is 0 Å². The second-order valence-electron chi connectivity index (χ2n) is 4.30. The summed E-state index contributed by atoms with van der Waals surface area (Å²) < 4.78 is 6.29. The molecule has 0 amide bonds. The van der Waals surface area contributed by atoms with E-state index in [4.69, 9.17) is 4.74 Å². The summed E-state index contributed by atoms with van der Waals surface area (Å²) in [5.41, 5.74) is -0.403. The number of ether oxygens (including phenoxy) is 1.